The van der Waals surface area contributed by atoms with Crippen LogP contribution in [0.3, 0.4) is 0 Å². The topological polar surface area (TPSA) is 105 Å². The van der Waals surface area contributed by atoms with Crippen molar-refractivity contribution in [1.29, 1.82) is 0 Å². The van der Waals surface area contributed by atoms with Crippen molar-refractivity contribution in [3.63, 3.8) is 0 Å². The zero-order valence-electron chi connectivity index (χ0n) is 22.1. The highest BCUT2D eigenvalue weighted by Crippen LogP contribution is 2.33. The predicted octanol–water partition coefficient (Wildman–Crippen LogP) is 7.07. The first-order valence-corrected chi connectivity index (χ1v) is 13.7. The molecular formula is C31H42N2O4. The first-order chi connectivity index (χ1) is 17.9. The average molecular weight is 507 g/mol. The average Bonchev–Trinajstić information content (AvgIpc) is 2.89. The number of nitrogen functional groups attached to an aromatic ring is 2. The molecule has 4 N–H and O–H groups in total. The molecule has 37 heavy (non-hydrogen) atoms. The third kappa shape index (κ3) is 10.3. The van der Waals surface area contributed by atoms with Gasteiger partial charge in [0.25, 0.3) is 0 Å². The Morgan fingerprint density at radius 2 is 1.54 bits per heavy atom. The van der Waals surface area contributed by atoms with Crippen LogP contribution < -0.4 is 16.2 Å². The summed E-state index contributed by atoms with van der Waals surface area (Å²) in [5.74, 6) is 0.677. The van der Waals surface area contributed by atoms with Crippen molar-refractivity contribution >= 4 is 29.4 Å². The van der Waals surface area contributed by atoms with Crippen LogP contribution in [-0.2, 0) is 20.9 Å². The molecule has 0 amide bonds. The molecule has 0 aliphatic heterocycles. The van der Waals surface area contributed by atoms with E-state index in [0.717, 1.165) is 42.7 Å². The molecule has 3 rings (SSSR count). The summed E-state index contributed by atoms with van der Waals surface area (Å²) in [6.07, 6.45) is 16.4. The monoisotopic (exact) mass is 506 g/mol. The van der Waals surface area contributed by atoms with E-state index in [2.05, 4.69) is 6.92 Å². The Bertz CT molecular complexity index is 1000. The fraction of sp³-hybridized carbons (Fsp3) is 0.484. The number of ether oxygens (including phenoxy) is 2. The maximum Gasteiger partial charge on any atom is 0.331 e. The number of unbranched alkanes of at least 4 members (excludes halogenated alkanes) is 5. The van der Waals surface area contributed by atoms with E-state index >= 15 is 0 Å². The van der Waals surface area contributed by atoms with Gasteiger partial charge >= 0.3 is 11.9 Å². The van der Waals surface area contributed by atoms with Crippen LogP contribution in [0.5, 0.6) is 5.75 Å². The number of rotatable bonds is 13. The molecule has 200 valence electrons. The number of hydrogen-bond acceptors (Lipinski definition) is 6. The zero-order chi connectivity index (χ0) is 26.5. The summed E-state index contributed by atoms with van der Waals surface area (Å²) < 4.78 is 10.9. The molecule has 6 nitrogen and oxygen atoms in total. The molecule has 0 unspecified atom stereocenters. The van der Waals surface area contributed by atoms with Crippen LogP contribution in [0, 0.1) is 11.8 Å². The van der Waals surface area contributed by atoms with Crippen molar-refractivity contribution in [3.8, 4) is 5.75 Å². The first-order valence-electron chi connectivity index (χ1n) is 13.7. The van der Waals surface area contributed by atoms with Gasteiger partial charge in [0.1, 0.15) is 12.4 Å². The summed E-state index contributed by atoms with van der Waals surface area (Å²) in [5, 5.41) is 0. The molecule has 0 saturated heterocycles. The SMILES string of the molecule is CCCCCCCCC1CCC(C(=O)Oc2ccc(/C=C/C(=O)OCc3cc(N)cc(N)c3)cc2)CC1. The van der Waals surface area contributed by atoms with E-state index in [1.807, 2.05) is 12.1 Å². The summed E-state index contributed by atoms with van der Waals surface area (Å²) in [5.41, 5.74) is 14.1. The second kappa shape index (κ2) is 15.1. The molecule has 0 atom stereocenters. The van der Waals surface area contributed by atoms with E-state index in [1.165, 1.54) is 51.0 Å². The Kier molecular flexibility index (Phi) is 11.5. The second-order valence-corrected chi connectivity index (χ2v) is 10.2. The predicted molar refractivity (Wildman–Crippen MR) is 150 cm³/mol. The van der Waals surface area contributed by atoms with E-state index in [-0.39, 0.29) is 18.5 Å². The van der Waals surface area contributed by atoms with Gasteiger partial charge in [0, 0.05) is 17.5 Å². The molecule has 0 aromatic heterocycles. The Hall–Kier alpha value is -3.28. The van der Waals surface area contributed by atoms with Gasteiger partial charge in [-0.1, -0.05) is 64.0 Å². The van der Waals surface area contributed by atoms with Crippen molar-refractivity contribution in [2.24, 2.45) is 11.8 Å². The number of anilines is 2. The summed E-state index contributed by atoms with van der Waals surface area (Å²) >= 11 is 0. The van der Waals surface area contributed by atoms with Gasteiger partial charge in [-0.25, -0.2) is 4.79 Å². The largest absolute Gasteiger partial charge is 0.458 e. The Balaban J connectivity index is 1.35. The lowest BCUT2D eigenvalue weighted by Crippen LogP contribution is -2.25. The van der Waals surface area contributed by atoms with Gasteiger partial charge in [0.15, 0.2) is 0 Å². The van der Waals surface area contributed by atoms with Crippen LogP contribution in [-0.4, -0.2) is 11.9 Å². The summed E-state index contributed by atoms with van der Waals surface area (Å²) in [6.45, 7) is 2.34. The molecule has 2 aromatic carbocycles. The van der Waals surface area contributed by atoms with Gasteiger partial charge in [-0.2, -0.15) is 0 Å². The smallest absolute Gasteiger partial charge is 0.331 e. The molecule has 1 saturated carbocycles. The second-order valence-electron chi connectivity index (χ2n) is 10.2. The van der Waals surface area contributed by atoms with Gasteiger partial charge in [-0.15, -0.1) is 0 Å². The minimum Gasteiger partial charge on any atom is -0.458 e. The van der Waals surface area contributed by atoms with Crippen molar-refractivity contribution < 1.29 is 19.1 Å². The molecule has 1 fully saturated rings. The highest BCUT2D eigenvalue weighted by molar-refractivity contribution is 5.87. The third-order valence-electron chi connectivity index (χ3n) is 7.07. The minimum absolute atomic E-state index is 0.00883. The number of nitrogens with two attached hydrogens (primary N) is 2. The molecule has 0 spiro atoms. The van der Waals surface area contributed by atoms with Gasteiger partial charge in [-0.05, 0) is 79.1 Å². The Labute approximate surface area is 221 Å². The number of hydrogen-bond donors (Lipinski definition) is 2. The third-order valence-corrected chi connectivity index (χ3v) is 7.07. The lowest BCUT2D eigenvalue weighted by Gasteiger charge is -2.27. The van der Waals surface area contributed by atoms with Crippen molar-refractivity contribution in [2.75, 3.05) is 11.5 Å². The van der Waals surface area contributed by atoms with Crippen molar-refractivity contribution in [1.82, 2.24) is 0 Å². The molecule has 1 aliphatic rings. The molecule has 1 aliphatic carbocycles. The normalized spacial score (nSPS) is 17.5. The van der Waals surface area contributed by atoms with E-state index in [1.54, 1.807) is 36.4 Å². The van der Waals surface area contributed by atoms with Crippen LogP contribution in [0.1, 0.15) is 88.7 Å². The van der Waals surface area contributed by atoms with E-state index in [9.17, 15) is 9.59 Å². The van der Waals surface area contributed by atoms with Gasteiger partial charge in [0.05, 0.1) is 5.92 Å². The summed E-state index contributed by atoms with van der Waals surface area (Å²) in [6, 6.07) is 12.2. The maximum absolute atomic E-state index is 12.7. The van der Waals surface area contributed by atoms with Crippen molar-refractivity contribution in [2.45, 2.75) is 84.2 Å². The summed E-state index contributed by atoms with van der Waals surface area (Å²) in [4.78, 5) is 24.7. The molecule has 0 bridgehead atoms. The van der Waals surface area contributed by atoms with Crippen molar-refractivity contribution in [3.05, 3.63) is 59.7 Å². The number of esters is 2. The maximum atomic E-state index is 12.7. The van der Waals surface area contributed by atoms with Gasteiger partial charge in [-0.3, -0.25) is 4.79 Å². The van der Waals surface area contributed by atoms with Crippen LogP contribution >= 0.6 is 0 Å². The van der Waals surface area contributed by atoms with Crippen LogP contribution in [0.4, 0.5) is 11.4 Å². The first kappa shape index (κ1) is 28.3. The molecule has 0 radical (unpaired) electrons. The van der Waals surface area contributed by atoms with Gasteiger partial charge in [0.2, 0.25) is 0 Å². The molecule has 6 heteroatoms. The van der Waals surface area contributed by atoms with E-state index in [4.69, 9.17) is 20.9 Å². The number of carbonyl (C=O) groups is 2. The fourth-order valence-electron chi connectivity index (χ4n) is 4.94. The highest BCUT2D eigenvalue weighted by Gasteiger charge is 2.27. The Morgan fingerprint density at radius 1 is 0.892 bits per heavy atom. The number of carbonyl (C=O) groups excluding carboxylic acids is 2. The highest BCUT2D eigenvalue weighted by atomic mass is 16.5. The number of benzene rings is 2. The fourth-order valence-corrected chi connectivity index (χ4v) is 4.94. The molecular weight excluding hydrogens is 464 g/mol. The van der Waals surface area contributed by atoms with E-state index in [0.29, 0.717) is 17.1 Å². The summed E-state index contributed by atoms with van der Waals surface area (Å²) in [7, 11) is 0. The minimum atomic E-state index is -0.469. The van der Waals surface area contributed by atoms with Gasteiger partial charge < -0.3 is 20.9 Å². The van der Waals surface area contributed by atoms with Crippen LogP contribution in [0.15, 0.2) is 48.5 Å². The quantitative estimate of drug-likeness (QED) is 0.0989. The zero-order valence-corrected chi connectivity index (χ0v) is 22.1. The van der Waals surface area contributed by atoms with Crippen LogP contribution in [0.25, 0.3) is 6.08 Å². The molecule has 2 aromatic rings. The molecule has 0 heterocycles. The Morgan fingerprint density at radius 3 is 2.22 bits per heavy atom. The lowest BCUT2D eigenvalue weighted by molar-refractivity contribution is -0.140. The lowest BCUT2D eigenvalue weighted by atomic mass is 9.80. The van der Waals surface area contributed by atoms with E-state index < -0.39 is 5.97 Å². The standard InChI is InChI=1S/C31H42N2O4/c1-2-3-4-5-6-7-8-23-9-14-26(15-10-23)31(35)37-29-16-11-24(12-17-29)13-18-30(34)36-22-25-19-27(32)21-28(33)20-25/h11-13,16-21,23,26H,2-10,14-15,22,32-33H2,1H3/b18-13+. The van der Waals surface area contributed by atoms with Crippen LogP contribution in [0.2, 0.25) is 0 Å².